The molecule has 2 aliphatic heterocycles. The molecule has 0 radical (unpaired) electrons. The molecule has 3 aliphatic rings. The number of fused-ring (bicyclic) bond motifs is 1. The van der Waals surface area contributed by atoms with Gasteiger partial charge in [0, 0.05) is 25.2 Å². The lowest BCUT2D eigenvalue weighted by Crippen LogP contribution is -2.31. The van der Waals surface area contributed by atoms with Crippen LogP contribution in [0.1, 0.15) is 82.8 Å². The number of anilines is 1. The molecule has 2 aromatic carbocycles. The number of benzene rings is 2. The second-order valence-electron chi connectivity index (χ2n) is 11.5. The highest BCUT2D eigenvalue weighted by molar-refractivity contribution is 5.80. The zero-order valence-electron chi connectivity index (χ0n) is 23.2. The van der Waals surface area contributed by atoms with Gasteiger partial charge >= 0.3 is 0 Å². The lowest BCUT2D eigenvalue weighted by atomic mass is 9.92. The second-order valence-corrected chi connectivity index (χ2v) is 11.5. The molecule has 208 valence electrons. The maximum absolute atomic E-state index is 14.2. The van der Waals surface area contributed by atoms with Gasteiger partial charge in [-0.1, -0.05) is 6.07 Å². The summed E-state index contributed by atoms with van der Waals surface area (Å²) in [4.78, 5) is 13.6. The van der Waals surface area contributed by atoms with Gasteiger partial charge in [-0.05, 0) is 101 Å². The van der Waals surface area contributed by atoms with Crippen molar-refractivity contribution in [3.63, 3.8) is 0 Å². The number of allylic oxidation sites excluding steroid dienone is 1. The molecule has 0 amide bonds. The Kier molecular flexibility index (Phi) is 7.10. The number of likely N-dealkylation sites (tertiary alicyclic amines) is 1. The van der Waals surface area contributed by atoms with Crippen LogP contribution in [-0.4, -0.2) is 39.7 Å². The van der Waals surface area contributed by atoms with E-state index in [0.29, 0.717) is 24.7 Å². The molecule has 1 saturated carbocycles. The molecule has 0 bridgehead atoms. The SMILES string of the molecule is COC1CCC(n2c(CN3[C@@H](C)CC[C@H]3c3ccc(F)c(F)c3)nc3cc(N4OC(C)=CC4C)ccc32)CC1. The number of hydrogen-bond acceptors (Lipinski definition) is 5. The predicted molar refractivity (Wildman–Crippen MR) is 148 cm³/mol. The van der Waals surface area contributed by atoms with Crippen molar-refractivity contribution < 1.29 is 18.4 Å². The van der Waals surface area contributed by atoms with Gasteiger partial charge in [0.1, 0.15) is 11.6 Å². The molecule has 0 spiro atoms. The van der Waals surface area contributed by atoms with Gasteiger partial charge in [-0.15, -0.1) is 0 Å². The smallest absolute Gasteiger partial charge is 0.159 e. The van der Waals surface area contributed by atoms with Gasteiger partial charge < -0.3 is 14.1 Å². The molecule has 1 aliphatic carbocycles. The van der Waals surface area contributed by atoms with Gasteiger partial charge in [0.2, 0.25) is 0 Å². The van der Waals surface area contributed by atoms with E-state index in [1.165, 1.54) is 12.1 Å². The Balaban J connectivity index is 1.37. The molecule has 3 aromatic rings. The van der Waals surface area contributed by atoms with E-state index in [9.17, 15) is 8.78 Å². The normalized spacial score (nSPS) is 27.8. The van der Waals surface area contributed by atoms with Crippen molar-refractivity contribution in [3.05, 3.63) is 71.3 Å². The quantitative estimate of drug-likeness (QED) is 0.333. The van der Waals surface area contributed by atoms with E-state index in [4.69, 9.17) is 14.6 Å². The van der Waals surface area contributed by atoms with E-state index in [-0.39, 0.29) is 12.1 Å². The number of imidazole rings is 1. The predicted octanol–water partition coefficient (Wildman–Crippen LogP) is 7.21. The Morgan fingerprint density at radius 2 is 1.77 bits per heavy atom. The van der Waals surface area contributed by atoms with Crippen molar-refractivity contribution in [3.8, 4) is 0 Å². The summed E-state index contributed by atoms with van der Waals surface area (Å²) < 4.78 is 36.0. The Hall–Kier alpha value is -2.97. The van der Waals surface area contributed by atoms with Gasteiger partial charge in [-0.3, -0.25) is 4.90 Å². The minimum Gasteiger partial charge on any atom is -0.384 e. The van der Waals surface area contributed by atoms with Crippen molar-refractivity contribution in [2.75, 3.05) is 12.2 Å². The molecular weight excluding hydrogens is 498 g/mol. The molecule has 1 aromatic heterocycles. The Morgan fingerprint density at radius 3 is 2.46 bits per heavy atom. The van der Waals surface area contributed by atoms with Crippen LogP contribution in [0.2, 0.25) is 0 Å². The third-order valence-electron chi connectivity index (χ3n) is 8.91. The molecule has 1 unspecified atom stereocenters. The van der Waals surface area contributed by atoms with Crippen molar-refractivity contribution in [2.24, 2.45) is 0 Å². The van der Waals surface area contributed by atoms with Crippen molar-refractivity contribution in [1.82, 2.24) is 14.5 Å². The maximum atomic E-state index is 14.2. The maximum Gasteiger partial charge on any atom is 0.159 e. The molecule has 8 heteroatoms. The number of methoxy groups -OCH3 is 1. The van der Waals surface area contributed by atoms with Crippen LogP contribution in [0.4, 0.5) is 14.5 Å². The summed E-state index contributed by atoms with van der Waals surface area (Å²) in [5, 5.41) is 1.93. The Morgan fingerprint density at radius 1 is 0.974 bits per heavy atom. The first-order valence-electron chi connectivity index (χ1n) is 14.2. The zero-order chi connectivity index (χ0) is 27.3. The average molecular weight is 537 g/mol. The highest BCUT2D eigenvalue weighted by Crippen LogP contribution is 2.40. The van der Waals surface area contributed by atoms with Crippen LogP contribution in [-0.2, 0) is 16.1 Å². The number of halogens is 2. The van der Waals surface area contributed by atoms with E-state index < -0.39 is 11.6 Å². The van der Waals surface area contributed by atoms with Gasteiger partial charge in [0.15, 0.2) is 11.6 Å². The lowest BCUT2D eigenvalue weighted by molar-refractivity contribution is 0.0580. The fraction of sp³-hybridized carbons (Fsp3) is 0.516. The lowest BCUT2D eigenvalue weighted by Gasteiger charge is -2.32. The fourth-order valence-electron chi connectivity index (χ4n) is 6.84. The number of aromatic nitrogens is 2. The van der Waals surface area contributed by atoms with Crippen LogP contribution in [0.25, 0.3) is 11.0 Å². The second kappa shape index (κ2) is 10.5. The number of nitrogens with zero attached hydrogens (tertiary/aromatic N) is 4. The van der Waals surface area contributed by atoms with E-state index >= 15 is 0 Å². The molecule has 6 rings (SSSR count). The molecule has 3 heterocycles. The van der Waals surface area contributed by atoms with E-state index in [0.717, 1.165) is 72.4 Å². The zero-order valence-corrected chi connectivity index (χ0v) is 23.2. The van der Waals surface area contributed by atoms with E-state index in [1.54, 1.807) is 13.2 Å². The molecule has 1 saturated heterocycles. The third kappa shape index (κ3) is 4.93. The van der Waals surface area contributed by atoms with Crippen LogP contribution < -0.4 is 5.06 Å². The fourth-order valence-corrected chi connectivity index (χ4v) is 6.84. The molecule has 2 fully saturated rings. The van der Waals surface area contributed by atoms with Crippen LogP contribution in [0.3, 0.4) is 0 Å². The largest absolute Gasteiger partial charge is 0.384 e. The number of rotatable bonds is 6. The first-order valence-corrected chi connectivity index (χ1v) is 14.2. The Bertz CT molecular complexity index is 1380. The molecule has 6 nitrogen and oxygen atoms in total. The highest BCUT2D eigenvalue weighted by Gasteiger charge is 2.35. The summed E-state index contributed by atoms with van der Waals surface area (Å²) >= 11 is 0. The molecule has 0 N–H and O–H groups in total. The minimum atomic E-state index is -0.803. The minimum absolute atomic E-state index is 0.0241. The highest BCUT2D eigenvalue weighted by atomic mass is 19.2. The van der Waals surface area contributed by atoms with Crippen molar-refractivity contribution in [1.29, 1.82) is 0 Å². The number of hydroxylamine groups is 1. The van der Waals surface area contributed by atoms with Crippen LogP contribution in [0.15, 0.2) is 48.2 Å². The average Bonchev–Trinajstić information content (AvgIpc) is 3.59. The summed E-state index contributed by atoms with van der Waals surface area (Å²) in [6.07, 6.45) is 8.46. The van der Waals surface area contributed by atoms with Gasteiger partial charge in [0.05, 0.1) is 35.4 Å². The topological polar surface area (TPSA) is 42.8 Å². The van der Waals surface area contributed by atoms with Crippen molar-refractivity contribution in [2.45, 2.75) is 96.1 Å². The van der Waals surface area contributed by atoms with Crippen molar-refractivity contribution >= 4 is 16.7 Å². The summed E-state index contributed by atoms with van der Waals surface area (Å²) in [5.74, 6) is 0.330. The van der Waals surface area contributed by atoms with Gasteiger partial charge in [-0.25, -0.2) is 18.8 Å². The van der Waals surface area contributed by atoms with E-state index in [2.05, 4.69) is 47.6 Å². The van der Waals surface area contributed by atoms with Gasteiger partial charge in [0.25, 0.3) is 0 Å². The summed E-state index contributed by atoms with van der Waals surface area (Å²) in [7, 11) is 1.80. The van der Waals surface area contributed by atoms with Crippen LogP contribution >= 0.6 is 0 Å². The number of ether oxygens (including phenoxy) is 1. The first kappa shape index (κ1) is 26.3. The standard InChI is InChI=1S/C31H38F2N4O2/c1-19-5-13-29(22-6-12-26(32)27(33)16-22)35(19)18-31-34-28-17-24(37-20(2)15-21(3)39-37)9-14-30(28)36(31)23-7-10-25(38-4)11-8-23/h6,9,12,14-17,19-20,23,25,29H,5,7-8,10-11,13,18H2,1-4H3/t19-,20?,23?,25?,29-/m0/s1. The molecule has 39 heavy (non-hydrogen) atoms. The Labute approximate surface area is 229 Å². The number of hydrogen-bond donors (Lipinski definition) is 0. The van der Waals surface area contributed by atoms with Gasteiger partial charge in [-0.2, -0.15) is 0 Å². The third-order valence-corrected chi connectivity index (χ3v) is 8.91. The molecule has 3 atom stereocenters. The summed E-state index contributed by atoms with van der Waals surface area (Å²) in [6, 6.07) is 11.6. The summed E-state index contributed by atoms with van der Waals surface area (Å²) in [6.45, 7) is 6.96. The van der Waals surface area contributed by atoms with E-state index in [1.807, 2.05) is 12.0 Å². The van der Waals surface area contributed by atoms with Crippen LogP contribution in [0, 0.1) is 11.6 Å². The van der Waals surface area contributed by atoms with Crippen LogP contribution in [0.5, 0.6) is 0 Å². The summed E-state index contributed by atoms with van der Waals surface area (Å²) in [5.41, 5.74) is 3.89. The first-order chi connectivity index (χ1) is 18.8. The monoisotopic (exact) mass is 536 g/mol. The molecular formula is C31H38F2N4O2.